The molecule has 0 saturated heterocycles. The molecule has 7 heteroatoms. The van der Waals surface area contributed by atoms with Crippen LogP contribution in [0.3, 0.4) is 0 Å². The molecule has 0 saturated carbocycles. The summed E-state index contributed by atoms with van der Waals surface area (Å²) in [6.07, 6.45) is 0. The number of benzene rings is 2. The predicted octanol–water partition coefficient (Wildman–Crippen LogP) is 3.14. The van der Waals surface area contributed by atoms with Crippen molar-refractivity contribution in [3.05, 3.63) is 58.4 Å². The van der Waals surface area contributed by atoms with E-state index < -0.39 is 23.4 Å². The van der Waals surface area contributed by atoms with Gasteiger partial charge >= 0.3 is 5.97 Å². The highest BCUT2D eigenvalue weighted by Crippen LogP contribution is 2.24. The topological polar surface area (TPSA) is 86.6 Å². The van der Waals surface area contributed by atoms with Crippen LogP contribution in [0, 0.1) is 5.82 Å². The lowest BCUT2D eigenvalue weighted by molar-refractivity contribution is 0.0698. The van der Waals surface area contributed by atoms with E-state index in [9.17, 15) is 19.1 Å². The number of carbonyl (C=O) groups excluding carboxylic acids is 1. The molecule has 0 radical (unpaired) electrons. The molecule has 2 rings (SSSR count). The van der Waals surface area contributed by atoms with Crippen molar-refractivity contribution in [1.82, 2.24) is 0 Å². The van der Waals surface area contributed by atoms with Crippen molar-refractivity contribution >= 4 is 29.2 Å². The average Bonchev–Trinajstić information content (AvgIpc) is 2.41. The third-order valence-corrected chi connectivity index (χ3v) is 2.90. The molecule has 21 heavy (non-hydrogen) atoms. The first-order valence-corrected chi connectivity index (χ1v) is 6.09. The van der Waals surface area contributed by atoms with Gasteiger partial charge in [0.2, 0.25) is 0 Å². The number of hydrogen-bond acceptors (Lipinski definition) is 3. The van der Waals surface area contributed by atoms with Crippen LogP contribution in [0.15, 0.2) is 36.4 Å². The van der Waals surface area contributed by atoms with Crippen LogP contribution in [-0.2, 0) is 0 Å². The lowest BCUT2D eigenvalue weighted by Gasteiger charge is -2.10. The molecule has 1 amide bonds. The zero-order chi connectivity index (χ0) is 15.6. The first kappa shape index (κ1) is 14.8. The molecule has 0 heterocycles. The van der Waals surface area contributed by atoms with Crippen LogP contribution in [-0.4, -0.2) is 22.1 Å². The Labute approximate surface area is 123 Å². The molecule has 0 fully saturated rings. The number of nitrogens with one attached hydrogen (secondary N) is 1. The number of carboxylic acid groups (broad SMARTS) is 1. The second-order valence-electron chi connectivity index (χ2n) is 4.11. The summed E-state index contributed by atoms with van der Waals surface area (Å²) in [6, 6.07) is 6.70. The van der Waals surface area contributed by atoms with Crippen molar-refractivity contribution in [2.24, 2.45) is 0 Å². The molecule has 0 aliphatic heterocycles. The van der Waals surface area contributed by atoms with Crippen LogP contribution in [0.2, 0.25) is 5.02 Å². The summed E-state index contributed by atoms with van der Waals surface area (Å²) in [6.45, 7) is 0. The minimum Gasteiger partial charge on any atom is -0.507 e. The van der Waals surface area contributed by atoms with E-state index in [4.69, 9.17) is 16.7 Å². The smallest absolute Gasteiger partial charge is 0.337 e. The molecular weight excluding hydrogens is 301 g/mol. The van der Waals surface area contributed by atoms with Crippen molar-refractivity contribution in [2.45, 2.75) is 0 Å². The molecule has 0 aromatic heterocycles. The third-order valence-electron chi connectivity index (χ3n) is 2.66. The molecule has 0 spiro atoms. The van der Waals surface area contributed by atoms with Gasteiger partial charge in [-0.3, -0.25) is 4.79 Å². The Balaban J connectivity index is 2.38. The van der Waals surface area contributed by atoms with Crippen LogP contribution in [0.5, 0.6) is 5.75 Å². The monoisotopic (exact) mass is 309 g/mol. The van der Waals surface area contributed by atoms with Gasteiger partial charge in [0, 0.05) is 5.02 Å². The Kier molecular flexibility index (Phi) is 4.09. The second-order valence-corrected chi connectivity index (χ2v) is 4.55. The Morgan fingerprint density at radius 1 is 1.10 bits per heavy atom. The Morgan fingerprint density at radius 2 is 1.81 bits per heavy atom. The summed E-state index contributed by atoms with van der Waals surface area (Å²) in [7, 11) is 0. The van der Waals surface area contributed by atoms with E-state index in [0.29, 0.717) is 0 Å². The highest BCUT2D eigenvalue weighted by Gasteiger charge is 2.17. The summed E-state index contributed by atoms with van der Waals surface area (Å²) in [5.41, 5.74) is -0.543. The standard InChI is InChI=1S/C14H9ClFNO4/c15-7-1-3-9(14(20)21)11(5-7)17-13(19)10-6-8(16)2-4-12(10)18/h1-6,18H,(H,17,19)(H,20,21). The molecular formula is C14H9ClFNO4. The second kappa shape index (κ2) is 5.80. The van der Waals surface area contributed by atoms with E-state index in [1.807, 2.05) is 0 Å². The average molecular weight is 310 g/mol. The lowest BCUT2D eigenvalue weighted by atomic mass is 10.1. The number of carbonyl (C=O) groups is 2. The summed E-state index contributed by atoms with van der Waals surface area (Å²) in [5.74, 6) is -3.24. The quantitative estimate of drug-likeness (QED) is 0.813. The lowest BCUT2D eigenvalue weighted by Crippen LogP contribution is -2.15. The fraction of sp³-hybridized carbons (Fsp3) is 0. The Bertz CT molecular complexity index is 733. The number of halogens is 2. The van der Waals surface area contributed by atoms with Crippen LogP contribution in [0.1, 0.15) is 20.7 Å². The van der Waals surface area contributed by atoms with E-state index in [-0.39, 0.29) is 21.8 Å². The van der Waals surface area contributed by atoms with Gasteiger partial charge in [0.25, 0.3) is 5.91 Å². The number of amides is 1. The zero-order valence-corrected chi connectivity index (χ0v) is 11.2. The summed E-state index contributed by atoms with van der Waals surface area (Å²) in [4.78, 5) is 23.1. The number of rotatable bonds is 3. The number of carboxylic acids is 1. The van der Waals surface area contributed by atoms with E-state index in [2.05, 4.69) is 5.32 Å². The molecule has 3 N–H and O–H groups in total. The molecule has 0 aliphatic carbocycles. The van der Waals surface area contributed by atoms with Crippen molar-refractivity contribution < 1.29 is 24.2 Å². The van der Waals surface area contributed by atoms with Crippen LogP contribution in [0.25, 0.3) is 0 Å². The highest BCUT2D eigenvalue weighted by atomic mass is 35.5. The van der Waals surface area contributed by atoms with E-state index in [1.165, 1.54) is 18.2 Å². The predicted molar refractivity (Wildman–Crippen MR) is 74.4 cm³/mol. The van der Waals surface area contributed by atoms with E-state index >= 15 is 0 Å². The SMILES string of the molecule is O=C(Nc1cc(Cl)ccc1C(=O)O)c1cc(F)ccc1O. The normalized spacial score (nSPS) is 10.2. The fourth-order valence-corrected chi connectivity index (χ4v) is 1.86. The summed E-state index contributed by atoms with van der Waals surface area (Å²) < 4.78 is 13.1. The molecule has 0 bridgehead atoms. The van der Waals surface area contributed by atoms with Crippen molar-refractivity contribution in [1.29, 1.82) is 0 Å². The minimum atomic E-state index is -1.26. The van der Waals surface area contributed by atoms with Gasteiger partial charge in [-0.05, 0) is 36.4 Å². The van der Waals surface area contributed by atoms with E-state index in [0.717, 1.165) is 18.2 Å². The van der Waals surface area contributed by atoms with Gasteiger partial charge in [-0.2, -0.15) is 0 Å². The first-order chi connectivity index (χ1) is 9.88. The number of phenols is 1. The van der Waals surface area contributed by atoms with Gasteiger partial charge in [-0.15, -0.1) is 0 Å². The largest absolute Gasteiger partial charge is 0.507 e. The summed E-state index contributed by atoms with van der Waals surface area (Å²) >= 11 is 5.75. The number of hydrogen-bond donors (Lipinski definition) is 3. The Hall–Kier alpha value is -2.60. The molecule has 5 nitrogen and oxygen atoms in total. The van der Waals surface area contributed by atoms with Gasteiger partial charge in [-0.1, -0.05) is 11.6 Å². The van der Waals surface area contributed by atoms with Crippen LogP contribution >= 0.6 is 11.6 Å². The summed E-state index contributed by atoms with van der Waals surface area (Å²) in [5, 5.41) is 21.1. The maximum Gasteiger partial charge on any atom is 0.337 e. The molecule has 0 aliphatic rings. The third kappa shape index (κ3) is 3.29. The van der Waals surface area contributed by atoms with Gasteiger partial charge in [0.1, 0.15) is 11.6 Å². The van der Waals surface area contributed by atoms with Crippen molar-refractivity contribution in [3.63, 3.8) is 0 Å². The molecule has 2 aromatic carbocycles. The van der Waals surface area contributed by atoms with Crippen LogP contribution < -0.4 is 5.32 Å². The van der Waals surface area contributed by atoms with Crippen molar-refractivity contribution in [2.75, 3.05) is 5.32 Å². The number of aromatic carboxylic acids is 1. The van der Waals surface area contributed by atoms with Gasteiger partial charge < -0.3 is 15.5 Å². The maximum absolute atomic E-state index is 13.1. The molecule has 2 aromatic rings. The van der Waals surface area contributed by atoms with E-state index in [1.54, 1.807) is 0 Å². The molecule has 0 atom stereocenters. The number of phenolic OH excluding ortho intramolecular Hbond substituents is 1. The van der Waals surface area contributed by atoms with Gasteiger partial charge in [0.15, 0.2) is 0 Å². The van der Waals surface area contributed by atoms with Gasteiger partial charge in [-0.25, -0.2) is 9.18 Å². The minimum absolute atomic E-state index is 0.0522. The Morgan fingerprint density at radius 3 is 2.48 bits per heavy atom. The molecule has 0 unspecified atom stereocenters. The number of anilines is 1. The fourth-order valence-electron chi connectivity index (χ4n) is 1.69. The maximum atomic E-state index is 13.1. The highest BCUT2D eigenvalue weighted by molar-refractivity contribution is 6.31. The molecule has 108 valence electrons. The van der Waals surface area contributed by atoms with Gasteiger partial charge in [0.05, 0.1) is 16.8 Å². The van der Waals surface area contributed by atoms with Crippen molar-refractivity contribution in [3.8, 4) is 5.75 Å². The first-order valence-electron chi connectivity index (χ1n) is 5.71. The van der Waals surface area contributed by atoms with Crippen LogP contribution in [0.4, 0.5) is 10.1 Å². The zero-order valence-electron chi connectivity index (χ0n) is 10.4. The number of aromatic hydroxyl groups is 1.